The molecule has 1 aliphatic rings. The Morgan fingerprint density at radius 2 is 2.33 bits per heavy atom. The Labute approximate surface area is 125 Å². The maximum atomic E-state index is 10.9. The summed E-state index contributed by atoms with van der Waals surface area (Å²) in [6, 6.07) is 5.99. The van der Waals surface area contributed by atoms with E-state index < -0.39 is 5.97 Å². The standard InChI is InChI=1S/C15H23N3O3/c1-17(2)14-5-3-4-13(16-14)8-12-9-18(10-15(19)20)6-7-21-11-12/h3-5,12H,6-11H2,1-2H3,(H,19,20). The van der Waals surface area contributed by atoms with Crippen LogP contribution < -0.4 is 4.90 Å². The molecule has 0 aliphatic carbocycles. The van der Waals surface area contributed by atoms with E-state index in [0.717, 1.165) is 24.5 Å². The lowest BCUT2D eigenvalue weighted by Crippen LogP contribution is -2.35. The summed E-state index contributed by atoms with van der Waals surface area (Å²) in [6.07, 6.45) is 0.803. The van der Waals surface area contributed by atoms with Crippen molar-refractivity contribution in [2.24, 2.45) is 5.92 Å². The number of aliphatic carboxylic acids is 1. The van der Waals surface area contributed by atoms with E-state index >= 15 is 0 Å². The Balaban J connectivity index is 2.00. The Morgan fingerprint density at radius 1 is 1.52 bits per heavy atom. The van der Waals surface area contributed by atoms with Gasteiger partial charge in [-0.15, -0.1) is 0 Å². The van der Waals surface area contributed by atoms with Gasteiger partial charge in [-0.25, -0.2) is 4.98 Å². The maximum absolute atomic E-state index is 10.9. The number of anilines is 1. The summed E-state index contributed by atoms with van der Waals surface area (Å²) in [5.74, 6) is 0.421. The highest BCUT2D eigenvalue weighted by atomic mass is 16.5. The number of aromatic nitrogens is 1. The minimum atomic E-state index is -0.789. The molecule has 0 spiro atoms. The molecule has 0 aromatic carbocycles. The molecular weight excluding hydrogens is 270 g/mol. The first kappa shape index (κ1) is 15.7. The summed E-state index contributed by atoms with van der Waals surface area (Å²) in [5, 5.41) is 8.93. The summed E-state index contributed by atoms with van der Waals surface area (Å²) in [7, 11) is 3.94. The van der Waals surface area contributed by atoms with Crippen molar-refractivity contribution in [3.63, 3.8) is 0 Å². The molecule has 0 radical (unpaired) electrons. The molecule has 1 aliphatic heterocycles. The SMILES string of the molecule is CN(C)c1cccc(CC2COCCN(CC(=O)O)C2)n1. The maximum Gasteiger partial charge on any atom is 0.317 e. The van der Waals surface area contributed by atoms with Crippen molar-refractivity contribution in [3.05, 3.63) is 23.9 Å². The van der Waals surface area contributed by atoms with Crippen LogP contribution in [-0.4, -0.2) is 67.9 Å². The molecular formula is C15H23N3O3. The van der Waals surface area contributed by atoms with Gasteiger partial charge < -0.3 is 14.7 Å². The van der Waals surface area contributed by atoms with Crippen LogP contribution in [0.2, 0.25) is 0 Å². The number of nitrogens with zero attached hydrogens (tertiary/aromatic N) is 3. The number of pyridine rings is 1. The predicted molar refractivity (Wildman–Crippen MR) is 80.7 cm³/mol. The van der Waals surface area contributed by atoms with Crippen LogP contribution in [0.15, 0.2) is 18.2 Å². The van der Waals surface area contributed by atoms with Crippen LogP contribution in [0.5, 0.6) is 0 Å². The van der Waals surface area contributed by atoms with Crippen molar-refractivity contribution < 1.29 is 14.6 Å². The van der Waals surface area contributed by atoms with Crippen molar-refractivity contribution in [2.75, 3.05) is 51.8 Å². The fraction of sp³-hybridized carbons (Fsp3) is 0.600. The number of carboxylic acids is 1. The molecule has 2 rings (SSSR count). The van der Waals surface area contributed by atoms with Gasteiger partial charge >= 0.3 is 5.97 Å². The first-order valence-corrected chi connectivity index (χ1v) is 7.19. The third-order valence-corrected chi connectivity index (χ3v) is 3.53. The van der Waals surface area contributed by atoms with Gasteiger partial charge in [0.2, 0.25) is 0 Å². The normalized spacial score (nSPS) is 20.0. The molecule has 1 aromatic rings. The van der Waals surface area contributed by atoms with Crippen molar-refractivity contribution in [1.82, 2.24) is 9.88 Å². The number of hydrogen-bond donors (Lipinski definition) is 1. The molecule has 0 amide bonds. The summed E-state index contributed by atoms with van der Waals surface area (Å²) >= 11 is 0. The molecule has 1 fully saturated rings. The van der Waals surface area contributed by atoms with E-state index in [4.69, 9.17) is 9.84 Å². The summed E-state index contributed by atoms with van der Waals surface area (Å²) < 4.78 is 5.60. The van der Waals surface area contributed by atoms with Crippen molar-refractivity contribution in [2.45, 2.75) is 6.42 Å². The van der Waals surface area contributed by atoms with Crippen molar-refractivity contribution in [3.8, 4) is 0 Å². The highest BCUT2D eigenvalue weighted by Crippen LogP contribution is 2.15. The van der Waals surface area contributed by atoms with E-state index in [1.165, 1.54) is 0 Å². The Kier molecular flexibility index (Phi) is 5.52. The molecule has 1 atom stereocenters. The first-order valence-electron chi connectivity index (χ1n) is 7.19. The highest BCUT2D eigenvalue weighted by Gasteiger charge is 2.21. The fourth-order valence-electron chi connectivity index (χ4n) is 2.54. The Hall–Kier alpha value is -1.66. The zero-order chi connectivity index (χ0) is 15.2. The molecule has 0 bridgehead atoms. The van der Waals surface area contributed by atoms with Gasteiger partial charge in [-0.05, 0) is 18.6 Å². The summed E-state index contributed by atoms with van der Waals surface area (Å²) in [4.78, 5) is 19.4. The van der Waals surface area contributed by atoms with Gasteiger partial charge in [0.15, 0.2) is 0 Å². The fourth-order valence-corrected chi connectivity index (χ4v) is 2.54. The molecule has 1 aromatic heterocycles. The second kappa shape index (κ2) is 7.38. The second-order valence-electron chi connectivity index (χ2n) is 5.66. The Morgan fingerprint density at radius 3 is 3.05 bits per heavy atom. The third kappa shape index (κ3) is 4.99. The van der Waals surface area contributed by atoms with E-state index in [-0.39, 0.29) is 12.5 Å². The zero-order valence-corrected chi connectivity index (χ0v) is 12.7. The molecule has 2 heterocycles. The van der Waals surface area contributed by atoms with Crippen LogP contribution in [0.3, 0.4) is 0 Å². The van der Waals surface area contributed by atoms with Crippen LogP contribution in [0.1, 0.15) is 5.69 Å². The molecule has 6 nitrogen and oxygen atoms in total. The average molecular weight is 293 g/mol. The lowest BCUT2D eigenvalue weighted by atomic mass is 10.0. The molecule has 1 N–H and O–H groups in total. The van der Waals surface area contributed by atoms with Gasteiger partial charge in [0, 0.05) is 38.8 Å². The van der Waals surface area contributed by atoms with Gasteiger partial charge in [-0.1, -0.05) is 6.07 Å². The smallest absolute Gasteiger partial charge is 0.317 e. The monoisotopic (exact) mass is 293 g/mol. The molecule has 116 valence electrons. The number of carbonyl (C=O) groups is 1. The van der Waals surface area contributed by atoms with Crippen LogP contribution >= 0.6 is 0 Å². The predicted octanol–water partition coefficient (Wildman–Crippen LogP) is 0.723. The second-order valence-corrected chi connectivity index (χ2v) is 5.66. The van der Waals surface area contributed by atoms with Crippen molar-refractivity contribution >= 4 is 11.8 Å². The van der Waals surface area contributed by atoms with E-state index in [0.29, 0.717) is 19.8 Å². The van der Waals surface area contributed by atoms with E-state index in [9.17, 15) is 4.79 Å². The van der Waals surface area contributed by atoms with Gasteiger partial charge in [0.1, 0.15) is 5.82 Å². The number of rotatable bonds is 5. The van der Waals surface area contributed by atoms with Crippen LogP contribution in [0, 0.1) is 5.92 Å². The van der Waals surface area contributed by atoms with Crippen molar-refractivity contribution in [1.29, 1.82) is 0 Å². The van der Waals surface area contributed by atoms with Gasteiger partial charge in [0.25, 0.3) is 0 Å². The van der Waals surface area contributed by atoms with E-state index in [1.54, 1.807) is 0 Å². The molecule has 21 heavy (non-hydrogen) atoms. The molecule has 1 saturated heterocycles. The minimum Gasteiger partial charge on any atom is -0.480 e. The topological polar surface area (TPSA) is 65.9 Å². The molecule has 6 heteroatoms. The lowest BCUT2D eigenvalue weighted by molar-refractivity contribution is -0.138. The number of hydrogen-bond acceptors (Lipinski definition) is 5. The highest BCUT2D eigenvalue weighted by molar-refractivity contribution is 5.69. The van der Waals surface area contributed by atoms with E-state index in [2.05, 4.69) is 4.98 Å². The van der Waals surface area contributed by atoms with E-state index in [1.807, 2.05) is 42.1 Å². The average Bonchev–Trinajstić information content (AvgIpc) is 2.63. The minimum absolute atomic E-state index is 0.0744. The van der Waals surface area contributed by atoms with Gasteiger partial charge in [-0.3, -0.25) is 9.69 Å². The Bertz CT molecular complexity index is 479. The first-order chi connectivity index (χ1) is 10.0. The van der Waals surface area contributed by atoms with Crippen LogP contribution in [0.4, 0.5) is 5.82 Å². The largest absolute Gasteiger partial charge is 0.480 e. The lowest BCUT2D eigenvalue weighted by Gasteiger charge is -2.21. The molecule has 1 unspecified atom stereocenters. The quantitative estimate of drug-likeness (QED) is 0.863. The summed E-state index contributed by atoms with van der Waals surface area (Å²) in [6.45, 7) is 2.73. The van der Waals surface area contributed by atoms with Crippen LogP contribution in [0.25, 0.3) is 0 Å². The number of carboxylic acid groups (broad SMARTS) is 1. The van der Waals surface area contributed by atoms with Gasteiger partial charge in [-0.2, -0.15) is 0 Å². The number of ether oxygens (including phenoxy) is 1. The van der Waals surface area contributed by atoms with Crippen LogP contribution in [-0.2, 0) is 16.0 Å². The molecule has 0 saturated carbocycles. The summed E-state index contributed by atoms with van der Waals surface area (Å²) in [5.41, 5.74) is 1.02. The third-order valence-electron chi connectivity index (χ3n) is 3.53. The zero-order valence-electron chi connectivity index (χ0n) is 12.7. The van der Waals surface area contributed by atoms with Gasteiger partial charge in [0.05, 0.1) is 19.8 Å².